The summed E-state index contributed by atoms with van der Waals surface area (Å²) in [6.07, 6.45) is 3.24. The number of carbonyl (C=O) groups is 2. The van der Waals surface area contributed by atoms with Crippen molar-refractivity contribution in [1.29, 1.82) is 0 Å². The maximum Gasteiger partial charge on any atom is 0.409 e. The smallest absolute Gasteiger partial charge is 0.409 e. The van der Waals surface area contributed by atoms with Crippen LogP contribution in [0.4, 0.5) is 10.5 Å². The summed E-state index contributed by atoms with van der Waals surface area (Å²) in [6, 6.07) is 11.4. The summed E-state index contributed by atoms with van der Waals surface area (Å²) in [6.45, 7) is 0. The molecule has 25 heavy (non-hydrogen) atoms. The molecular weight excluding hydrogens is 324 g/mol. The average Bonchev–Trinajstić information content (AvgIpc) is 3.15. The third-order valence-corrected chi connectivity index (χ3v) is 3.17. The Kier molecular flexibility index (Phi) is 4.56. The summed E-state index contributed by atoms with van der Waals surface area (Å²) in [7, 11) is 0. The lowest BCUT2D eigenvalue weighted by atomic mass is 10.1. The second-order valence-electron chi connectivity index (χ2n) is 4.88. The van der Waals surface area contributed by atoms with E-state index >= 15 is 0 Å². The second-order valence-corrected chi connectivity index (χ2v) is 4.88. The minimum atomic E-state index is -1.16. The number of amides is 1. The number of pyridine rings is 1. The molecule has 2 N–H and O–H groups in total. The molecule has 9 heteroatoms. The number of ketones is 1. The molecule has 0 atom stereocenters. The van der Waals surface area contributed by atoms with E-state index in [4.69, 9.17) is 5.11 Å². The lowest BCUT2D eigenvalue weighted by molar-refractivity contribution is 0.104. The molecule has 124 valence electrons. The van der Waals surface area contributed by atoms with Crippen LogP contribution in [0.1, 0.15) is 16.1 Å². The van der Waals surface area contributed by atoms with Crippen molar-refractivity contribution < 1.29 is 14.7 Å². The number of aromatic nitrogens is 5. The summed E-state index contributed by atoms with van der Waals surface area (Å²) in [4.78, 5) is 27.1. The summed E-state index contributed by atoms with van der Waals surface area (Å²) in [5.74, 6) is 0.306. The molecule has 0 aliphatic rings. The van der Waals surface area contributed by atoms with Gasteiger partial charge in [-0.05, 0) is 59.0 Å². The first-order chi connectivity index (χ1) is 12.1. The van der Waals surface area contributed by atoms with Crippen LogP contribution >= 0.6 is 0 Å². The molecule has 3 rings (SSSR count). The zero-order valence-electron chi connectivity index (χ0n) is 12.8. The van der Waals surface area contributed by atoms with Crippen LogP contribution in [0.3, 0.4) is 0 Å². The first-order valence-corrected chi connectivity index (χ1v) is 7.15. The van der Waals surface area contributed by atoms with Gasteiger partial charge >= 0.3 is 6.09 Å². The van der Waals surface area contributed by atoms with Crippen LogP contribution in [0, 0.1) is 0 Å². The predicted octanol–water partition coefficient (Wildman–Crippen LogP) is 2.04. The Morgan fingerprint density at radius 2 is 1.92 bits per heavy atom. The van der Waals surface area contributed by atoms with Crippen LogP contribution in [0.25, 0.3) is 11.9 Å². The highest BCUT2D eigenvalue weighted by atomic mass is 16.4. The number of benzene rings is 1. The zero-order valence-corrected chi connectivity index (χ0v) is 12.8. The van der Waals surface area contributed by atoms with E-state index in [1.54, 1.807) is 36.4 Å². The molecule has 1 amide bonds. The van der Waals surface area contributed by atoms with Crippen LogP contribution in [-0.4, -0.2) is 42.2 Å². The summed E-state index contributed by atoms with van der Waals surface area (Å²) < 4.78 is 1.41. The fourth-order valence-electron chi connectivity index (χ4n) is 2.02. The number of carbonyl (C=O) groups excluding carboxylic acids is 1. The van der Waals surface area contributed by atoms with Crippen molar-refractivity contribution in [3.05, 3.63) is 66.1 Å². The van der Waals surface area contributed by atoms with Crippen molar-refractivity contribution in [2.45, 2.75) is 0 Å². The number of hydrogen-bond acceptors (Lipinski definition) is 6. The van der Waals surface area contributed by atoms with E-state index in [9.17, 15) is 9.59 Å². The molecule has 2 aromatic heterocycles. The minimum absolute atomic E-state index is 0.225. The van der Waals surface area contributed by atoms with E-state index in [1.807, 2.05) is 0 Å². The van der Waals surface area contributed by atoms with Gasteiger partial charge in [0.2, 0.25) is 0 Å². The largest absolute Gasteiger partial charge is 0.465 e. The van der Waals surface area contributed by atoms with Crippen molar-refractivity contribution in [2.24, 2.45) is 0 Å². The van der Waals surface area contributed by atoms with Crippen molar-refractivity contribution in [3.63, 3.8) is 0 Å². The van der Waals surface area contributed by atoms with Gasteiger partial charge in [0.1, 0.15) is 6.33 Å². The Hall–Kier alpha value is -3.88. The highest BCUT2D eigenvalue weighted by Gasteiger charge is 2.04. The van der Waals surface area contributed by atoms with E-state index in [0.717, 1.165) is 0 Å². The molecule has 0 spiro atoms. The molecule has 0 unspecified atom stereocenters. The Balaban J connectivity index is 1.72. The lowest BCUT2D eigenvalue weighted by Gasteiger charge is -2.02. The topological polar surface area (TPSA) is 123 Å². The third kappa shape index (κ3) is 4.10. The fraction of sp³-hybridized carbons (Fsp3) is 0. The normalized spacial score (nSPS) is 10.7. The van der Waals surface area contributed by atoms with Gasteiger partial charge in [-0.2, -0.15) is 4.68 Å². The third-order valence-electron chi connectivity index (χ3n) is 3.17. The van der Waals surface area contributed by atoms with E-state index in [1.165, 1.54) is 29.2 Å². The fourth-order valence-corrected chi connectivity index (χ4v) is 2.02. The van der Waals surface area contributed by atoms with E-state index in [0.29, 0.717) is 22.8 Å². The number of rotatable bonds is 5. The molecule has 1 aromatic carbocycles. The number of anilines is 1. The van der Waals surface area contributed by atoms with Crippen LogP contribution in [0.5, 0.6) is 0 Å². The highest BCUT2D eigenvalue weighted by Crippen LogP contribution is 2.11. The van der Waals surface area contributed by atoms with Gasteiger partial charge in [-0.25, -0.2) is 9.78 Å². The van der Waals surface area contributed by atoms with Gasteiger partial charge in [0.05, 0.1) is 5.69 Å². The van der Waals surface area contributed by atoms with Crippen LogP contribution < -0.4 is 5.32 Å². The second kappa shape index (κ2) is 7.13. The summed E-state index contributed by atoms with van der Waals surface area (Å²) in [5.41, 5.74) is 1.40. The van der Waals surface area contributed by atoms with Gasteiger partial charge in [-0.15, -0.1) is 5.10 Å². The Morgan fingerprint density at radius 1 is 1.12 bits per heavy atom. The van der Waals surface area contributed by atoms with Gasteiger partial charge in [0, 0.05) is 11.3 Å². The van der Waals surface area contributed by atoms with Gasteiger partial charge in [0.25, 0.3) is 0 Å². The molecule has 3 aromatic rings. The van der Waals surface area contributed by atoms with Gasteiger partial charge < -0.3 is 5.11 Å². The Labute approximate surface area is 141 Å². The molecule has 0 aliphatic heterocycles. The number of hydrogen-bond donors (Lipinski definition) is 2. The molecule has 0 radical (unpaired) electrons. The molecule has 2 heterocycles. The van der Waals surface area contributed by atoms with E-state index in [2.05, 4.69) is 25.8 Å². The predicted molar refractivity (Wildman–Crippen MR) is 88.4 cm³/mol. The van der Waals surface area contributed by atoms with Crippen molar-refractivity contribution in [3.8, 4) is 5.82 Å². The molecule has 0 fully saturated rings. The molecule has 0 saturated carbocycles. The number of tetrazole rings is 1. The monoisotopic (exact) mass is 336 g/mol. The highest BCUT2D eigenvalue weighted by molar-refractivity contribution is 6.07. The Bertz CT molecular complexity index is 919. The minimum Gasteiger partial charge on any atom is -0.465 e. The first-order valence-electron chi connectivity index (χ1n) is 7.15. The van der Waals surface area contributed by atoms with Gasteiger partial charge in [-0.3, -0.25) is 10.1 Å². The number of allylic oxidation sites excluding steroid dienone is 1. The van der Waals surface area contributed by atoms with Gasteiger partial charge in [0.15, 0.2) is 11.6 Å². The molecular formula is C16H12N6O3. The summed E-state index contributed by atoms with van der Waals surface area (Å²) in [5, 5.41) is 21.7. The van der Waals surface area contributed by atoms with E-state index < -0.39 is 6.09 Å². The number of nitrogens with one attached hydrogen (secondary N) is 1. The standard InChI is InChI=1S/C16H12N6O3/c23-14(11-4-6-13(7-5-11)19-16(24)25)9-8-12-2-1-3-15(18-12)22-10-17-20-21-22/h1-10,19H,(H,24,25). The quantitative estimate of drug-likeness (QED) is 0.540. The van der Waals surface area contributed by atoms with Crippen molar-refractivity contribution in [1.82, 2.24) is 25.2 Å². The van der Waals surface area contributed by atoms with Crippen LogP contribution in [0.15, 0.2) is 54.9 Å². The molecule has 0 bridgehead atoms. The first kappa shape index (κ1) is 16.0. The van der Waals surface area contributed by atoms with Crippen LogP contribution in [0.2, 0.25) is 0 Å². The zero-order chi connectivity index (χ0) is 17.6. The lowest BCUT2D eigenvalue weighted by Crippen LogP contribution is -2.07. The summed E-state index contributed by atoms with van der Waals surface area (Å²) >= 11 is 0. The van der Waals surface area contributed by atoms with E-state index in [-0.39, 0.29) is 5.78 Å². The Morgan fingerprint density at radius 3 is 2.60 bits per heavy atom. The number of carboxylic acid groups (broad SMARTS) is 1. The SMILES string of the molecule is O=C(O)Nc1ccc(C(=O)C=Cc2cccc(-n3cnnn3)n2)cc1. The van der Waals surface area contributed by atoms with Crippen LogP contribution in [-0.2, 0) is 0 Å². The molecule has 9 nitrogen and oxygen atoms in total. The molecule has 0 aliphatic carbocycles. The number of nitrogens with zero attached hydrogens (tertiary/aromatic N) is 5. The molecule has 0 saturated heterocycles. The average molecular weight is 336 g/mol. The van der Waals surface area contributed by atoms with Crippen molar-refractivity contribution in [2.75, 3.05) is 5.32 Å². The maximum absolute atomic E-state index is 12.2. The van der Waals surface area contributed by atoms with Gasteiger partial charge in [-0.1, -0.05) is 6.07 Å². The van der Waals surface area contributed by atoms with Crippen molar-refractivity contribution >= 4 is 23.6 Å². The maximum atomic E-state index is 12.2.